The molecule has 0 spiro atoms. The summed E-state index contributed by atoms with van der Waals surface area (Å²) in [6, 6.07) is 8.88. The van der Waals surface area contributed by atoms with Gasteiger partial charge in [-0.05, 0) is 36.8 Å². The van der Waals surface area contributed by atoms with Crippen molar-refractivity contribution in [2.24, 2.45) is 5.10 Å². The summed E-state index contributed by atoms with van der Waals surface area (Å²) in [5.41, 5.74) is 4.11. The summed E-state index contributed by atoms with van der Waals surface area (Å²) in [5.74, 6) is -0.342. The van der Waals surface area contributed by atoms with E-state index in [1.165, 1.54) is 6.07 Å². The Hall–Kier alpha value is -2.06. The predicted molar refractivity (Wildman–Crippen MR) is 90.4 cm³/mol. The fourth-order valence-corrected chi connectivity index (χ4v) is 2.38. The van der Waals surface area contributed by atoms with E-state index in [4.69, 9.17) is 12.2 Å². The molecule has 0 atom stereocenters. The number of aromatic nitrogens is 2. The van der Waals surface area contributed by atoms with Gasteiger partial charge in [-0.15, -0.1) is 0 Å². The van der Waals surface area contributed by atoms with Crippen LogP contribution in [0.1, 0.15) is 18.2 Å². The Labute approximate surface area is 139 Å². The van der Waals surface area contributed by atoms with Crippen LogP contribution < -0.4 is 11.0 Å². The van der Waals surface area contributed by atoms with Gasteiger partial charge in [-0.25, -0.2) is 5.43 Å². The monoisotopic (exact) mass is 380 g/mol. The van der Waals surface area contributed by atoms with Gasteiger partial charge >= 0.3 is 0 Å². The molecule has 1 amide bonds. The van der Waals surface area contributed by atoms with Crippen LogP contribution in [0.15, 0.2) is 44.7 Å². The SMILES string of the molecule is C/C(=N/NC(=O)Cc1cc(=O)[nH]c(=S)[nH]1)c1cccc(Br)c1. The molecule has 0 aliphatic rings. The molecule has 6 nitrogen and oxygen atoms in total. The summed E-state index contributed by atoms with van der Waals surface area (Å²) in [5, 5.41) is 4.05. The van der Waals surface area contributed by atoms with Crippen LogP contribution in [0.2, 0.25) is 0 Å². The quantitative estimate of drug-likeness (QED) is 0.431. The van der Waals surface area contributed by atoms with Crippen molar-refractivity contribution in [1.82, 2.24) is 15.4 Å². The number of benzene rings is 1. The first-order valence-corrected chi connectivity index (χ1v) is 7.56. The Kier molecular flexibility index (Phi) is 5.40. The maximum Gasteiger partial charge on any atom is 0.251 e. The van der Waals surface area contributed by atoms with Crippen LogP contribution in [0, 0.1) is 4.77 Å². The number of carbonyl (C=O) groups excluding carboxylic acids is 1. The Morgan fingerprint density at radius 2 is 2.14 bits per heavy atom. The van der Waals surface area contributed by atoms with E-state index in [9.17, 15) is 9.59 Å². The maximum atomic E-state index is 11.8. The molecule has 0 saturated carbocycles. The van der Waals surface area contributed by atoms with E-state index in [0.717, 1.165) is 10.0 Å². The van der Waals surface area contributed by atoms with Gasteiger partial charge in [0.2, 0.25) is 5.91 Å². The zero-order valence-corrected chi connectivity index (χ0v) is 14.0. The zero-order valence-electron chi connectivity index (χ0n) is 11.6. The Balaban J connectivity index is 2.04. The minimum atomic E-state index is -0.347. The highest BCUT2D eigenvalue weighted by molar-refractivity contribution is 9.10. The first-order valence-electron chi connectivity index (χ1n) is 6.35. The second-order valence-corrected chi connectivity index (χ2v) is 5.86. The number of rotatable bonds is 4. The molecule has 3 N–H and O–H groups in total. The van der Waals surface area contributed by atoms with Gasteiger partial charge < -0.3 is 4.98 Å². The highest BCUT2D eigenvalue weighted by atomic mass is 79.9. The van der Waals surface area contributed by atoms with Gasteiger partial charge in [0, 0.05) is 16.2 Å². The summed E-state index contributed by atoms with van der Waals surface area (Å²) in [6.07, 6.45) is -0.0111. The van der Waals surface area contributed by atoms with Gasteiger partial charge in [-0.2, -0.15) is 5.10 Å². The minimum absolute atomic E-state index is 0.0111. The molecule has 0 aliphatic carbocycles. The number of H-pyrrole nitrogens is 2. The molecule has 0 unspecified atom stereocenters. The van der Waals surface area contributed by atoms with Crippen molar-refractivity contribution in [2.75, 3.05) is 0 Å². The van der Waals surface area contributed by atoms with E-state index in [0.29, 0.717) is 11.4 Å². The molecule has 114 valence electrons. The van der Waals surface area contributed by atoms with Gasteiger partial charge in [-0.1, -0.05) is 28.1 Å². The molecule has 22 heavy (non-hydrogen) atoms. The topological polar surface area (TPSA) is 90.1 Å². The summed E-state index contributed by atoms with van der Waals surface area (Å²) < 4.78 is 1.12. The lowest BCUT2D eigenvalue weighted by atomic mass is 10.1. The Morgan fingerprint density at radius 3 is 2.82 bits per heavy atom. The third kappa shape index (κ3) is 4.74. The van der Waals surface area contributed by atoms with Gasteiger partial charge in [0.1, 0.15) is 0 Å². The second kappa shape index (κ2) is 7.28. The highest BCUT2D eigenvalue weighted by Gasteiger charge is 2.05. The molecule has 1 aromatic heterocycles. The smallest absolute Gasteiger partial charge is 0.251 e. The van der Waals surface area contributed by atoms with E-state index in [1.54, 1.807) is 6.92 Å². The number of nitrogens with zero attached hydrogens (tertiary/aromatic N) is 1. The Morgan fingerprint density at radius 1 is 1.36 bits per heavy atom. The van der Waals surface area contributed by atoms with Gasteiger partial charge in [0.25, 0.3) is 5.56 Å². The fourth-order valence-electron chi connectivity index (χ4n) is 1.75. The van der Waals surface area contributed by atoms with Gasteiger partial charge in [0.05, 0.1) is 12.1 Å². The molecular weight excluding hydrogens is 368 g/mol. The van der Waals surface area contributed by atoms with Crippen LogP contribution in [0.4, 0.5) is 0 Å². The van der Waals surface area contributed by atoms with Crippen LogP contribution >= 0.6 is 28.1 Å². The number of hydrogen-bond acceptors (Lipinski definition) is 4. The van der Waals surface area contributed by atoms with Crippen molar-refractivity contribution < 1.29 is 4.79 Å². The number of hydrogen-bond donors (Lipinski definition) is 3. The largest absolute Gasteiger partial charge is 0.335 e. The predicted octanol–water partition coefficient (Wildman–Crippen LogP) is 2.28. The molecule has 0 saturated heterocycles. The second-order valence-electron chi connectivity index (χ2n) is 4.53. The summed E-state index contributed by atoms with van der Waals surface area (Å²) in [7, 11) is 0. The average Bonchev–Trinajstić information content (AvgIpc) is 2.43. The number of aromatic amines is 2. The lowest BCUT2D eigenvalue weighted by Crippen LogP contribution is -2.23. The third-order valence-corrected chi connectivity index (χ3v) is 3.46. The van der Waals surface area contributed by atoms with E-state index in [1.807, 2.05) is 24.3 Å². The van der Waals surface area contributed by atoms with Gasteiger partial charge in [0.15, 0.2) is 4.77 Å². The number of carbonyl (C=O) groups is 1. The molecule has 2 aromatic rings. The van der Waals surface area contributed by atoms with Crippen molar-refractivity contribution in [3.63, 3.8) is 0 Å². The van der Waals surface area contributed by atoms with Crippen molar-refractivity contribution in [3.05, 3.63) is 61.2 Å². The highest BCUT2D eigenvalue weighted by Crippen LogP contribution is 2.12. The molecular formula is C14H13BrN4O2S. The van der Waals surface area contributed by atoms with Crippen molar-refractivity contribution in [3.8, 4) is 0 Å². The van der Waals surface area contributed by atoms with E-state index < -0.39 is 0 Å². The van der Waals surface area contributed by atoms with Crippen LogP contribution in [-0.2, 0) is 11.2 Å². The number of hydrazone groups is 1. The first-order chi connectivity index (χ1) is 10.4. The van der Waals surface area contributed by atoms with Crippen LogP contribution in [-0.4, -0.2) is 21.6 Å². The molecule has 0 radical (unpaired) electrons. The molecule has 8 heteroatoms. The molecule has 1 aromatic carbocycles. The van der Waals surface area contributed by atoms with Crippen molar-refractivity contribution >= 4 is 39.8 Å². The van der Waals surface area contributed by atoms with Gasteiger partial charge in [-0.3, -0.25) is 14.6 Å². The van der Waals surface area contributed by atoms with Crippen molar-refractivity contribution in [1.29, 1.82) is 0 Å². The molecule has 2 rings (SSSR count). The number of halogens is 1. The van der Waals surface area contributed by atoms with Crippen molar-refractivity contribution in [2.45, 2.75) is 13.3 Å². The summed E-state index contributed by atoms with van der Waals surface area (Å²) in [6.45, 7) is 1.79. The zero-order chi connectivity index (χ0) is 16.1. The van der Waals surface area contributed by atoms with Crippen LogP contribution in [0.3, 0.4) is 0 Å². The minimum Gasteiger partial charge on any atom is -0.335 e. The average molecular weight is 381 g/mol. The molecule has 0 aliphatic heterocycles. The van der Waals surface area contributed by atoms with E-state index >= 15 is 0 Å². The molecule has 0 bridgehead atoms. The normalized spacial score (nSPS) is 11.3. The van der Waals surface area contributed by atoms with E-state index in [2.05, 4.69) is 36.4 Å². The molecule has 0 fully saturated rings. The van der Waals surface area contributed by atoms with Crippen LogP contribution in [0.25, 0.3) is 0 Å². The molecule has 1 heterocycles. The van der Waals surface area contributed by atoms with E-state index in [-0.39, 0.29) is 22.7 Å². The number of nitrogens with one attached hydrogen (secondary N) is 3. The Bertz CT molecular complexity index is 813. The lowest BCUT2D eigenvalue weighted by Gasteiger charge is -2.04. The first kappa shape index (κ1) is 16.3. The maximum absolute atomic E-state index is 11.8. The third-order valence-electron chi connectivity index (χ3n) is 2.76. The lowest BCUT2D eigenvalue weighted by molar-refractivity contribution is -0.120. The summed E-state index contributed by atoms with van der Waals surface area (Å²) in [4.78, 5) is 28.3. The summed E-state index contributed by atoms with van der Waals surface area (Å²) >= 11 is 8.23. The number of amides is 1. The van der Waals surface area contributed by atoms with Crippen LogP contribution in [0.5, 0.6) is 0 Å². The standard InChI is InChI=1S/C14H13BrN4O2S/c1-8(9-3-2-4-10(15)5-9)18-19-13(21)7-11-6-12(20)17-14(22)16-11/h2-6H,7H2,1H3,(H,19,21)(H2,16,17,20,22)/b18-8-. The fraction of sp³-hybridized carbons (Fsp3) is 0.143.